The van der Waals surface area contributed by atoms with Crippen molar-refractivity contribution in [2.45, 2.75) is 6.10 Å². The Kier molecular flexibility index (Phi) is 5.31. The molecule has 0 aromatic heterocycles. The fourth-order valence-electron chi connectivity index (χ4n) is 2.62. The van der Waals surface area contributed by atoms with Crippen LogP contribution in [0.4, 0.5) is 0 Å². The second kappa shape index (κ2) is 8.00. The highest BCUT2D eigenvalue weighted by Gasteiger charge is 2.25. The molecule has 26 heavy (non-hydrogen) atoms. The molecule has 0 radical (unpaired) electrons. The van der Waals surface area contributed by atoms with Crippen LogP contribution in [0.5, 0.6) is 11.5 Å². The number of nitrogens with zero attached hydrogens (tertiary/aromatic N) is 1. The molecule has 0 saturated carbocycles. The summed E-state index contributed by atoms with van der Waals surface area (Å²) in [6, 6.07) is 25.2. The number of ketones is 1. The Morgan fingerprint density at radius 2 is 1.58 bits per heavy atom. The standard InChI is InChI=1S/C22H17NO3/c1-25-20-14-16(15-23)12-13-19(20)26-22(18-10-6-3-7-11-18)21(24)17-8-4-2-5-9-17/h2-14,22H,1H3. The van der Waals surface area contributed by atoms with Crippen molar-refractivity contribution < 1.29 is 14.3 Å². The molecule has 0 amide bonds. The molecule has 0 aliphatic heterocycles. The second-order valence-electron chi connectivity index (χ2n) is 5.62. The monoisotopic (exact) mass is 343 g/mol. The Hall–Kier alpha value is -3.58. The van der Waals surface area contributed by atoms with Crippen molar-refractivity contribution in [3.8, 4) is 17.6 Å². The summed E-state index contributed by atoms with van der Waals surface area (Å²) < 4.78 is 11.4. The van der Waals surface area contributed by atoms with E-state index >= 15 is 0 Å². The summed E-state index contributed by atoms with van der Waals surface area (Å²) in [4.78, 5) is 13.1. The van der Waals surface area contributed by atoms with Crippen LogP contribution in [0.25, 0.3) is 0 Å². The summed E-state index contributed by atoms with van der Waals surface area (Å²) in [5.74, 6) is 0.665. The first-order valence-corrected chi connectivity index (χ1v) is 8.12. The molecular formula is C22H17NO3. The van der Waals surface area contributed by atoms with Crippen molar-refractivity contribution in [1.82, 2.24) is 0 Å². The van der Waals surface area contributed by atoms with Crippen LogP contribution in [0.1, 0.15) is 27.6 Å². The predicted octanol–water partition coefficient (Wildman–Crippen LogP) is 4.57. The normalized spacial score (nSPS) is 11.2. The van der Waals surface area contributed by atoms with E-state index in [0.717, 1.165) is 5.56 Å². The van der Waals surface area contributed by atoms with Crippen molar-refractivity contribution in [3.05, 3.63) is 95.6 Å². The van der Waals surface area contributed by atoms with Crippen molar-refractivity contribution >= 4 is 5.78 Å². The van der Waals surface area contributed by atoms with Crippen LogP contribution in [-0.4, -0.2) is 12.9 Å². The number of Topliss-reactive ketones (excluding diaryl/α,β-unsaturated/α-hetero) is 1. The maximum absolute atomic E-state index is 13.1. The lowest BCUT2D eigenvalue weighted by atomic mass is 9.99. The number of carbonyl (C=O) groups excluding carboxylic acids is 1. The molecule has 0 fully saturated rings. The number of methoxy groups -OCH3 is 1. The number of benzene rings is 3. The summed E-state index contributed by atoms with van der Waals surface area (Å²) in [7, 11) is 1.50. The van der Waals surface area contributed by atoms with E-state index in [1.165, 1.54) is 7.11 Å². The molecule has 1 unspecified atom stereocenters. The smallest absolute Gasteiger partial charge is 0.207 e. The van der Waals surface area contributed by atoms with E-state index < -0.39 is 6.10 Å². The average Bonchev–Trinajstić information content (AvgIpc) is 2.72. The van der Waals surface area contributed by atoms with Gasteiger partial charge in [-0.15, -0.1) is 0 Å². The maximum Gasteiger partial charge on any atom is 0.207 e. The van der Waals surface area contributed by atoms with Crippen LogP contribution >= 0.6 is 0 Å². The van der Waals surface area contributed by atoms with Gasteiger partial charge in [-0.1, -0.05) is 60.7 Å². The number of carbonyl (C=O) groups is 1. The number of ether oxygens (including phenoxy) is 2. The summed E-state index contributed by atoms with van der Waals surface area (Å²) >= 11 is 0. The molecule has 4 heteroatoms. The number of rotatable bonds is 6. The molecule has 128 valence electrons. The Morgan fingerprint density at radius 1 is 0.923 bits per heavy atom. The summed E-state index contributed by atoms with van der Waals surface area (Å²) in [5.41, 5.74) is 1.77. The first kappa shape index (κ1) is 17.2. The molecule has 4 nitrogen and oxygen atoms in total. The zero-order valence-corrected chi connectivity index (χ0v) is 14.3. The van der Waals surface area contributed by atoms with Crippen LogP contribution in [0.3, 0.4) is 0 Å². The fourth-order valence-corrected chi connectivity index (χ4v) is 2.62. The Balaban J connectivity index is 2.00. The van der Waals surface area contributed by atoms with Gasteiger partial charge < -0.3 is 9.47 Å². The molecule has 0 bridgehead atoms. The third-order valence-electron chi connectivity index (χ3n) is 3.94. The van der Waals surface area contributed by atoms with Crippen LogP contribution in [-0.2, 0) is 0 Å². The van der Waals surface area contributed by atoms with E-state index in [2.05, 4.69) is 6.07 Å². The van der Waals surface area contributed by atoms with E-state index in [1.807, 2.05) is 48.5 Å². The van der Waals surface area contributed by atoms with Gasteiger partial charge in [-0.2, -0.15) is 5.26 Å². The van der Waals surface area contributed by atoms with E-state index in [0.29, 0.717) is 22.6 Å². The van der Waals surface area contributed by atoms with Gasteiger partial charge in [-0.25, -0.2) is 0 Å². The molecule has 1 atom stereocenters. The summed E-state index contributed by atoms with van der Waals surface area (Å²) in [5, 5.41) is 9.04. The summed E-state index contributed by atoms with van der Waals surface area (Å²) in [6.07, 6.45) is -0.819. The first-order valence-electron chi connectivity index (χ1n) is 8.12. The van der Waals surface area contributed by atoms with Gasteiger partial charge in [0.2, 0.25) is 5.78 Å². The molecule has 0 aliphatic carbocycles. The third-order valence-corrected chi connectivity index (χ3v) is 3.94. The van der Waals surface area contributed by atoms with Gasteiger partial charge in [-0.05, 0) is 12.1 Å². The van der Waals surface area contributed by atoms with E-state index in [4.69, 9.17) is 14.7 Å². The van der Waals surface area contributed by atoms with Gasteiger partial charge in [0, 0.05) is 17.2 Å². The lowest BCUT2D eigenvalue weighted by molar-refractivity contribution is 0.0787. The fraction of sp³-hybridized carbons (Fsp3) is 0.0909. The number of hydrogen-bond donors (Lipinski definition) is 0. The number of nitriles is 1. The molecule has 0 heterocycles. The quantitative estimate of drug-likeness (QED) is 0.615. The van der Waals surface area contributed by atoms with Crippen LogP contribution < -0.4 is 9.47 Å². The third kappa shape index (κ3) is 3.73. The van der Waals surface area contributed by atoms with Gasteiger partial charge >= 0.3 is 0 Å². The van der Waals surface area contributed by atoms with E-state index in [9.17, 15) is 4.79 Å². The lowest BCUT2D eigenvalue weighted by Gasteiger charge is -2.20. The second-order valence-corrected chi connectivity index (χ2v) is 5.62. The Bertz CT molecular complexity index is 931. The molecule has 3 aromatic rings. The van der Waals surface area contributed by atoms with Crippen molar-refractivity contribution in [1.29, 1.82) is 5.26 Å². The molecule has 3 rings (SSSR count). The minimum atomic E-state index is -0.819. The van der Waals surface area contributed by atoms with E-state index in [1.54, 1.807) is 30.3 Å². The highest BCUT2D eigenvalue weighted by atomic mass is 16.5. The van der Waals surface area contributed by atoms with Gasteiger partial charge in [0.05, 0.1) is 18.7 Å². The van der Waals surface area contributed by atoms with Crippen molar-refractivity contribution in [2.75, 3.05) is 7.11 Å². The van der Waals surface area contributed by atoms with Crippen LogP contribution in [0.15, 0.2) is 78.9 Å². The molecule has 3 aromatic carbocycles. The molecule has 0 N–H and O–H groups in total. The zero-order chi connectivity index (χ0) is 18.4. The highest BCUT2D eigenvalue weighted by molar-refractivity contribution is 6.00. The highest BCUT2D eigenvalue weighted by Crippen LogP contribution is 2.33. The minimum Gasteiger partial charge on any atom is -0.493 e. The number of hydrogen-bond acceptors (Lipinski definition) is 4. The van der Waals surface area contributed by atoms with Crippen LogP contribution in [0, 0.1) is 11.3 Å². The largest absolute Gasteiger partial charge is 0.493 e. The SMILES string of the molecule is COc1cc(C#N)ccc1OC(C(=O)c1ccccc1)c1ccccc1. The van der Waals surface area contributed by atoms with Gasteiger partial charge in [0.1, 0.15) is 0 Å². The topological polar surface area (TPSA) is 59.3 Å². The zero-order valence-electron chi connectivity index (χ0n) is 14.3. The first-order chi connectivity index (χ1) is 12.7. The minimum absolute atomic E-state index is 0.150. The van der Waals surface area contributed by atoms with Crippen molar-refractivity contribution in [3.63, 3.8) is 0 Å². The summed E-state index contributed by atoms with van der Waals surface area (Å²) in [6.45, 7) is 0. The Labute approximate surface area is 152 Å². The van der Waals surface area contributed by atoms with Crippen LogP contribution in [0.2, 0.25) is 0 Å². The molecule has 0 saturated heterocycles. The molecule has 0 aliphatic rings. The molecule has 0 spiro atoms. The maximum atomic E-state index is 13.1. The molecular weight excluding hydrogens is 326 g/mol. The predicted molar refractivity (Wildman–Crippen MR) is 98.3 cm³/mol. The van der Waals surface area contributed by atoms with Crippen molar-refractivity contribution in [2.24, 2.45) is 0 Å². The lowest BCUT2D eigenvalue weighted by Crippen LogP contribution is -2.19. The van der Waals surface area contributed by atoms with E-state index in [-0.39, 0.29) is 5.78 Å². The Morgan fingerprint density at radius 3 is 2.19 bits per heavy atom. The van der Waals surface area contributed by atoms with Gasteiger partial charge in [0.15, 0.2) is 17.6 Å². The van der Waals surface area contributed by atoms with Gasteiger partial charge in [0.25, 0.3) is 0 Å². The average molecular weight is 343 g/mol. The van der Waals surface area contributed by atoms with Gasteiger partial charge in [-0.3, -0.25) is 4.79 Å².